The van der Waals surface area contributed by atoms with Crippen molar-refractivity contribution < 1.29 is 18.0 Å². The van der Waals surface area contributed by atoms with E-state index in [-0.39, 0.29) is 11.7 Å². The number of urea groups is 1. The highest BCUT2D eigenvalue weighted by atomic mass is 19.4. The van der Waals surface area contributed by atoms with Crippen LogP contribution in [0.25, 0.3) is 0 Å². The lowest BCUT2D eigenvalue weighted by Crippen LogP contribution is -2.45. The van der Waals surface area contributed by atoms with Crippen LogP contribution in [-0.2, 0) is 6.18 Å². The second-order valence-corrected chi connectivity index (χ2v) is 6.38. The molecule has 7 heteroatoms. The predicted molar refractivity (Wildman–Crippen MR) is 94.6 cm³/mol. The Morgan fingerprint density at radius 2 is 1.76 bits per heavy atom. The Kier molecular flexibility index (Phi) is 8.22. The van der Waals surface area contributed by atoms with Gasteiger partial charge in [0.1, 0.15) is 0 Å². The molecule has 0 aliphatic carbocycles. The molecule has 0 radical (unpaired) electrons. The maximum absolute atomic E-state index is 13.0. The Morgan fingerprint density at radius 1 is 1.16 bits per heavy atom. The molecule has 0 aliphatic heterocycles. The first-order chi connectivity index (χ1) is 11.7. The number of para-hydroxylation sites is 1. The number of hydrogen-bond donors (Lipinski definition) is 2. The standard InChI is InChI=1S/C18H28F3N3O/c1-5-24(6-2)14(11-13(3)4)12-22-17(25)23-16-10-8-7-9-15(16)18(19,20)21/h7-10,13-14H,5-6,11-12H2,1-4H3,(H2,22,23,25). The number of carbonyl (C=O) groups excluding carboxylic acids is 1. The van der Waals surface area contributed by atoms with Crippen LogP contribution in [0.5, 0.6) is 0 Å². The van der Waals surface area contributed by atoms with Crippen molar-refractivity contribution in [2.75, 3.05) is 25.0 Å². The van der Waals surface area contributed by atoms with E-state index in [9.17, 15) is 18.0 Å². The Hall–Kier alpha value is -1.76. The second-order valence-electron chi connectivity index (χ2n) is 6.38. The van der Waals surface area contributed by atoms with E-state index in [1.807, 2.05) is 0 Å². The maximum atomic E-state index is 13.0. The average molecular weight is 359 g/mol. The summed E-state index contributed by atoms with van der Waals surface area (Å²) in [7, 11) is 0. The van der Waals surface area contributed by atoms with Gasteiger partial charge in [0.05, 0.1) is 11.3 Å². The lowest BCUT2D eigenvalue weighted by molar-refractivity contribution is -0.136. The van der Waals surface area contributed by atoms with Crippen LogP contribution >= 0.6 is 0 Å². The van der Waals surface area contributed by atoms with Gasteiger partial charge in [-0.15, -0.1) is 0 Å². The van der Waals surface area contributed by atoms with Gasteiger partial charge in [0, 0.05) is 12.6 Å². The minimum atomic E-state index is -4.51. The van der Waals surface area contributed by atoms with Crippen molar-refractivity contribution >= 4 is 11.7 Å². The molecule has 25 heavy (non-hydrogen) atoms. The van der Waals surface area contributed by atoms with E-state index in [0.717, 1.165) is 25.6 Å². The third-order valence-corrected chi connectivity index (χ3v) is 4.05. The number of alkyl halides is 3. The van der Waals surface area contributed by atoms with Gasteiger partial charge in [0.25, 0.3) is 0 Å². The number of anilines is 1. The second kappa shape index (κ2) is 9.65. The summed E-state index contributed by atoms with van der Waals surface area (Å²) < 4.78 is 38.9. The largest absolute Gasteiger partial charge is 0.418 e. The Morgan fingerprint density at radius 3 is 2.28 bits per heavy atom. The third kappa shape index (κ3) is 6.94. The number of nitrogens with zero attached hydrogens (tertiary/aromatic N) is 1. The first-order valence-corrected chi connectivity index (χ1v) is 8.64. The molecule has 2 N–H and O–H groups in total. The molecule has 1 aromatic rings. The molecule has 0 saturated heterocycles. The zero-order chi connectivity index (χ0) is 19.0. The molecule has 1 aromatic carbocycles. The summed E-state index contributed by atoms with van der Waals surface area (Å²) in [5, 5.41) is 5.02. The quantitative estimate of drug-likeness (QED) is 0.713. The topological polar surface area (TPSA) is 44.4 Å². The molecule has 0 spiro atoms. The number of amides is 2. The van der Waals surface area contributed by atoms with E-state index in [4.69, 9.17) is 0 Å². The van der Waals surface area contributed by atoms with E-state index in [1.54, 1.807) is 0 Å². The maximum Gasteiger partial charge on any atom is 0.418 e. The van der Waals surface area contributed by atoms with Gasteiger partial charge in [-0.1, -0.05) is 39.8 Å². The van der Waals surface area contributed by atoms with Crippen LogP contribution in [0.15, 0.2) is 24.3 Å². The lowest BCUT2D eigenvalue weighted by Gasteiger charge is -2.31. The molecule has 1 rings (SSSR count). The van der Waals surface area contributed by atoms with Crippen LogP contribution in [0.2, 0.25) is 0 Å². The number of rotatable bonds is 8. The van der Waals surface area contributed by atoms with Crippen LogP contribution in [0.4, 0.5) is 23.7 Å². The van der Waals surface area contributed by atoms with Crippen LogP contribution in [0, 0.1) is 5.92 Å². The Balaban J connectivity index is 2.73. The van der Waals surface area contributed by atoms with E-state index in [0.29, 0.717) is 12.5 Å². The first kappa shape index (κ1) is 21.3. The number of carbonyl (C=O) groups is 1. The fourth-order valence-corrected chi connectivity index (χ4v) is 2.86. The number of benzene rings is 1. The van der Waals surface area contributed by atoms with Crippen molar-refractivity contribution in [2.45, 2.75) is 46.3 Å². The fourth-order valence-electron chi connectivity index (χ4n) is 2.86. The van der Waals surface area contributed by atoms with E-state index >= 15 is 0 Å². The van der Waals surface area contributed by atoms with Gasteiger partial charge in [-0.2, -0.15) is 13.2 Å². The summed E-state index contributed by atoms with van der Waals surface area (Å²) in [5.41, 5.74) is -1.09. The van der Waals surface area contributed by atoms with Crippen LogP contribution in [0.1, 0.15) is 39.7 Å². The first-order valence-electron chi connectivity index (χ1n) is 8.64. The minimum absolute atomic E-state index is 0.151. The van der Waals surface area contributed by atoms with Crippen molar-refractivity contribution in [1.82, 2.24) is 10.2 Å². The summed E-state index contributed by atoms with van der Waals surface area (Å²) in [6, 6.07) is 4.48. The number of nitrogens with one attached hydrogen (secondary N) is 2. The van der Waals surface area contributed by atoms with Crippen molar-refractivity contribution in [1.29, 1.82) is 0 Å². The molecule has 0 heterocycles. The van der Waals surface area contributed by atoms with E-state index in [1.165, 1.54) is 18.2 Å². The zero-order valence-electron chi connectivity index (χ0n) is 15.3. The molecule has 0 aliphatic rings. The van der Waals surface area contributed by atoms with Gasteiger partial charge < -0.3 is 10.6 Å². The molecule has 2 amide bonds. The Labute approximate surface area is 147 Å². The lowest BCUT2D eigenvalue weighted by atomic mass is 10.0. The van der Waals surface area contributed by atoms with Gasteiger partial charge in [-0.25, -0.2) is 4.79 Å². The van der Waals surface area contributed by atoms with Crippen LogP contribution < -0.4 is 10.6 Å². The molecule has 0 fully saturated rings. The van der Waals surface area contributed by atoms with Gasteiger partial charge >= 0.3 is 12.2 Å². The minimum Gasteiger partial charge on any atom is -0.336 e. The number of halogens is 3. The van der Waals surface area contributed by atoms with Crippen LogP contribution in [-0.4, -0.2) is 36.6 Å². The molecular weight excluding hydrogens is 331 g/mol. The Bertz CT molecular complexity index is 543. The fraction of sp³-hybridized carbons (Fsp3) is 0.611. The van der Waals surface area contributed by atoms with Gasteiger partial charge in [0.2, 0.25) is 0 Å². The molecule has 1 atom stereocenters. The highest BCUT2D eigenvalue weighted by molar-refractivity contribution is 5.90. The number of likely N-dealkylation sites (N-methyl/N-ethyl adjacent to an activating group) is 1. The van der Waals surface area contributed by atoms with Crippen molar-refractivity contribution in [3.8, 4) is 0 Å². The van der Waals surface area contributed by atoms with Gasteiger partial charge in [0.15, 0.2) is 0 Å². The molecule has 0 aromatic heterocycles. The third-order valence-electron chi connectivity index (χ3n) is 4.05. The molecular formula is C18H28F3N3O. The zero-order valence-corrected chi connectivity index (χ0v) is 15.3. The van der Waals surface area contributed by atoms with Crippen molar-refractivity contribution in [3.05, 3.63) is 29.8 Å². The molecule has 0 bridgehead atoms. The highest BCUT2D eigenvalue weighted by Gasteiger charge is 2.33. The van der Waals surface area contributed by atoms with E-state index in [2.05, 4.69) is 43.2 Å². The summed E-state index contributed by atoms with van der Waals surface area (Å²) in [6.07, 6.45) is -3.60. The van der Waals surface area contributed by atoms with Gasteiger partial charge in [-0.05, 0) is 37.6 Å². The van der Waals surface area contributed by atoms with E-state index < -0.39 is 17.8 Å². The number of hydrogen-bond acceptors (Lipinski definition) is 2. The summed E-state index contributed by atoms with van der Waals surface area (Å²) in [5.74, 6) is 0.460. The molecule has 4 nitrogen and oxygen atoms in total. The van der Waals surface area contributed by atoms with Gasteiger partial charge in [-0.3, -0.25) is 4.90 Å². The SMILES string of the molecule is CCN(CC)C(CNC(=O)Nc1ccccc1C(F)(F)F)CC(C)C. The highest BCUT2D eigenvalue weighted by Crippen LogP contribution is 2.34. The van der Waals surface area contributed by atoms with Crippen LogP contribution in [0.3, 0.4) is 0 Å². The summed E-state index contributed by atoms with van der Waals surface area (Å²) in [4.78, 5) is 14.3. The van der Waals surface area contributed by atoms with Crippen molar-refractivity contribution in [2.24, 2.45) is 5.92 Å². The molecule has 142 valence electrons. The normalized spacial score (nSPS) is 13.2. The smallest absolute Gasteiger partial charge is 0.336 e. The monoisotopic (exact) mass is 359 g/mol. The molecule has 0 saturated carbocycles. The summed E-state index contributed by atoms with van der Waals surface area (Å²) in [6.45, 7) is 10.4. The van der Waals surface area contributed by atoms with Crippen molar-refractivity contribution in [3.63, 3.8) is 0 Å². The summed E-state index contributed by atoms with van der Waals surface area (Å²) >= 11 is 0. The predicted octanol–water partition coefficient (Wildman–Crippen LogP) is 4.58. The average Bonchev–Trinajstić information content (AvgIpc) is 2.52. The molecule has 1 unspecified atom stereocenters.